The van der Waals surface area contributed by atoms with E-state index in [2.05, 4.69) is 16.4 Å². The van der Waals surface area contributed by atoms with Crippen LogP contribution in [0, 0.1) is 6.92 Å². The first-order valence-electron chi connectivity index (χ1n) is 5.94. The van der Waals surface area contributed by atoms with E-state index >= 15 is 0 Å². The lowest BCUT2D eigenvalue weighted by Gasteiger charge is -2.14. The Morgan fingerprint density at radius 2 is 2.22 bits per heavy atom. The van der Waals surface area contributed by atoms with Crippen molar-refractivity contribution in [3.8, 4) is 5.75 Å². The number of para-hydroxylation sites is 1. The number of nitrogens with zero attached hydrogens (tertiary/aromatic N) is 1. The van der Waals surface area contributed by atoms with Crippen molar-refractivity contribution in [1.82, 2.24) is 4.98 Å². The third-order valence-electron chi connectivity index (χ3n) is 3.11. The van der Waals surface area contributed by atoms with E-state index in [1.807, 2.05) is 31.2 Å². The molecule has 3 N–H and O–H groups in total. The van der Waals surface area contributed by atoms with Crippen molar-refractivity contribution in [3.05, 3.63) is 47.7 Å². The minimum absolute atomic E-state index is 0.149. The second-order valence-electron chi connectivity index (χ2n) is 4.48. The first-order chi connectivity index (χ1) is 8.74. The molecule has 1 aromatic carbocycles. The minimum Gasteiger partial charge on any atom is -0.491 e. The molecule has 2 heterocycles. The van der Waals surface area contributed by atoms with Crippen molar-refractivity contribution in [2.24, 2.45) is 0 Å². The molecule has 1 atom stereocenters. The molecule has 0 saturated carbocycles. The summed E-state index contributed by atoms with van der Waals surface area (Å²) in [6.45, 7) is 2.62. The number of pyridine rings is 1. The second-order valence-corrected chi connectivity index (χ2v) is 4.48. The van der Waals surface area contributed by atoms with E-state index in [-0.39, 0.29) is 6.04 Å². The van der Waals surface area contributed by atoms with E-state index in [9.17, 15) is 0 Å². The maximum atomic E-state index is 5.70. The quantitative estimate of drug-likeness (QED) is 0.848. The Labute approximate surface area is 106 Å². The van der Waals surface area contributed by atoms with E-state index < -0.39 is 0 Å². The summed E-state index contributed by atoms with van der Waals surface area (Å²) < 4.78 is 5.63. The fraction of sp³-hybridized carbons (Fsp3) is 0.214. The number of aryl methyl sites for hydroxylation is 1. The lowest BCUT2D eigenvalue weighted by Crippen LogP contribution is -2.13. The van der Waals surface area contributed by atoms with Crippen LogP contribution < -0.4 is 15.8 Å². The van der Waals surface area contributed by atoms with Crippen LogP contribution in [-0.2, 0) is 0 Å². The number of anilines is 2. The average molecular weight is 241 g/mol. The molecule has 2 aromatic rings. The Hall–Kier alpha value is -2.23. The topological polar surface area (TPSA) is 60.2 Å². The highest BCUT2D eigenvalue weighted by atomic mass is 16.5. The van der Waals surface area contributed by atoms with Crippen molar-refractivity contribution in [2.75, 3.05) is 17.7 Å². The lowest BCUT2D eigenvalue weighted by atomic mass is 10.1. The van der Waals surface area contributed by atoms with Crippen LogP contribution in [0.25, 0.3) is 0 Å². The average Bonchev–Trinajstić information content (AvgIpc) is 2.76. The Morgan fingerprint density at radius 3 is 3.06 bits per heavy atom. The summed E-state index contributed by atoms with van der Waals surface area (Å²) in [5.74, 6) is 1.80. The van der Waals surface area contributed by atoms with Gasteiger partial charge >= 0.3 is 0 Å². The molecule has 0 aliphatic carbocycles. The molecule has 4 heteroatoms. The molecule has 0 spiro atoms. The number of nitrogens with two attached hydrogens (primary N) is 1. The lowest BCUT2D eigenvalue weighted by molar-refractivity contribution is 0.339. The zero-order valence-corrected chi connectivity index (χ0v) is 10.2. The zero-order valence-electron chi connectivity index (χ0n) is 10.2. The maximum absolute atomic E-state index is 5.70. The second kappa shape index (κ2) is 4.22. The molecule has 0 bridgehead atoms. The first kappa shape index (κ1) is 10.9. The van der Waals surface area contributed by atoms with Crippen LogP contribution in [0.2, 0.25) is 0 Å². The smallest absolute Gasteiger partial charge is 0.129 e. The summed E-state index contributed by atoms with van der Waals surface area (Å²) in [6.07, 6.45) is 1.66. The fourth-order valence-electron chi connectivity index (χ4n) is 2.19. The van der Waals surface area contributed by atoms with Crippen molar-refractivity contribution in [1.29, 1.82) is 0 Å². The first-order valence-corrected chi connectivity index (χ1v) is 5.94. The van der Waals surface area contributed by atoms with Gasteiger partial charge in [0.1, 0.15) is 18.2 Å². The van der Waals surface area contributed by atoms with Gasteiger partial charge in [-0.25, -0.2) is 4.98 Å². The van der Waals surface area contributed by atoms with E-state index in [1.165, 1.54) is 5.56 Å². The summed E-state index contributed by atoms with van der Waals surface area (Å²) >= 11 is 0. The van der Waals surface area contributed by atoms with Crippen molar-refractivity contribution in [2.45, 2.75) is 13.0 Å². The monoisotopic (exact) mass is 241 g/mol. The highest BCUT2D eigenvalue weighted by Crippen LogP contribution is 2.34. The Kier molecular flexibility index (Phi) is 2.55. The molecular formula is C14H15N3O. The van der Waals surface area contributed by atoms with Gasteiger partial charge in [-0.3, -0.25) is 0 Å². The number of hydrogen-bond acceptors (Lipinski definition) is 4. The number of nitrogens with one attached hydrogen (secondary N) is 1. The molecule has 1 aliphatic rings. The molecule has 1 unspecified atom stereocenters. The van der Waals surface area contributed by atoms with Gasteiger partial charge < -0.3 is 15.8 Å². The zero-order chi connectivity index (χ0) is 12.5. The number of aromatic nitrogens is 1. The van der Waals surface area contributed by atoms with Crippen LogP contribution in [0.5, 0.6) is 5.75 Å². The summed E-state index contributed by atoms with van der Waals surface area (Å²) in [6, 6.07) is 10.1. The molecule has 18 heavy (non-hydrogen) atoms. The minimum atomic E-state index is 0.149. The normalized spacial score (nSPS) is 17.1. The molecule has 92 valence electrons. The van der Waals surface area contributed by atoms with Crippen molar-refractivity contribution < 1.29 is 4.74 Å². The third-order valence-corrected chi connectivity index (χ3v) is 3.11. The Morgan fingerprint density at radius 1 is 1.39 bits per heavy atom. The van der Waals surface area contributed by atoms with Gasteiger partial charge in [0, 0.05) is 5.56 Å². The molecule has 0 fully saturated rings. The number of benzene rings is 1. The molecule has 0 amide bonds. The van der Waals surface area contributed by atoms with E-state index in [1.54, 1.807) is 6.20 Å². The number of hydrogen-bond donors (Lipinski definition) is 2. The van der Waals surface area contributed by atoms with Gasteiger partial charge in [-0.15, -0.1) is 0 Å². The molecule has 1 aliphatic heterocycles. The molecule has 3 rings (SSSR count). The standard InChI is InChI=1S/C14H15N3O/c1-9-6-10(15)7-16-14(9)17-12-8-18-13-5-3-2-4-11(12)13/h2-7,12H,8,15H2,1H3,(H,16,17). The van der Waals surface area contributed by atoms with Gasteiger partial charge in [0.05, 0.1) is 17.9 Å². The summed E-state index contributed by atoms with van der Waals surface area (Å²) in [4.78, 5) is 4.32. The fourth-order valence-corrected chi connectivity index (χ4v) is 2.19. The van der Waals surface area contributed by atoms with Gasteiger partial charge in [-0.05, 0) is 24.6 Å². The molecule has 1 aromatic heterocycles. The van der Waals surface area contributed by atoms with Crippen molar-refractivity contribution >= 4 is 11.5 Å². The van der Waals surface area contributed by atoms with Crippen LogP contribution in [0.15, 0.2) is 36.5 Å². The number of fused-ring (bicyclic) bond motifs is 1. The molecular weight excluding hydrogens is 226 g/mol. The predicted molar refractivity (Wildman–Crippen MR) is 71.7 cm³/mol. The van der Waals surface area contributed by atoms with Gasteiger partial charge in [-0.2, -0.15) is 0 Å². The highest BCUT2D eigenvalue weighted by Gasteiger charge is 2.23. The molecule has 0 radical (unpaired) electrons. The van der Waals surface area contributed by atoms with Crippen LogP contribution in [0.3, 0.4) is 0 Å². The highest BCUT2D eigenvalue weighted by molar-refractivity contribution is 5.53. The largest absolute Gasteiger partial charge is 0.491 e. The Balaban J connectivity index is 1.86. The van der Waals surface area contributed by atoms with Crippen LogP contribution in [-0.4, -0.2) is 11.6 Å². The van der Waals surface area contributed by atoms with Gasteiger partial charge in [0.25, 0.3) is 0 Å². The van der Waals surface area contributed by atoms with E-state index in [0.29, 0.717) is 12.3 Å². The van der Waals surface area contributed by atoms with Gasteiger partial charge in [0.2, 0.25) is 0 Å². The van der Waals surface area contributed by atoms with Crippen LogP contribution in [0.4, 0.5) is 11.5 Å². The van der Waals surface area contributed by atoms with E-state index in [4.69, 9.17) is 10.5 Å². The number of rotatable bonds is 2. The summed E-state index contributed by atoms with van der Waals surface area (Å²) in [5.41, 5.74) is 8.60. The SMILES string of the molecule is Cc1cc(N)cnc1NC1COc2ccccc21. The van der Waals surface area contributed by atoms with Crippen LogP contribution >= 0.6 is 0 Å². The predicted octanol–water partition coefficient (Wildman–Crippen LogP) is 2.52. The summed E-state index contributed by atoms with van der Waals surface area (Å²) in [7, 11) is 0. The van der Waals surface area contributed by atoms with Crippen molar-refractivity contribution in [3.63, 3.8) is 0 Å². The van der Waals surface area contributed by atoms with Crippen LogP contribution in [0.1, 0.15) is 17.2 Å². The Bertz CT molecular complexity index is 583. The summed E-state index contributed by atoms with van der Waals surface area (Å²) in [5, 5.41) is 3.40. The van der Waals surface area contributed by atoms with E-state index in [0.717, 1.165) is 17.1 Å². The molecule has 0 saturated heterocycles. The maximum Gasteiger partial charge on any atom is 0.129 e. The number of ether oxygens (including phenoxy) is 1. The number of nitrogen functional groups attached to an aromatic ring is 1. The molecule has 4 nitrogen and oxygen atoms in total. The van der Waals surface area contributed by atoms with Gasteiger partial charge in [0.15, 0.2) is 0 Å². The van der Waals surface area contributed by atoms with Gasteiger partial charge in [-0.1, -0.05) is 18.2 Å². The third kappa shape index (κ3) is 1.86.